The molecule has 0 rings (SSSR count). The normalized spacial score (nSPS) is 13.2. The Balaban J connectivity index is 3.53. The number of rotatable bonds is 5. The predicted molar refractivity (Wildman–Crippen MR) is 42.9 cm³/mol. The van der Waals surface area contributed by atoms with E-state index >= 15 is 0 Å². The Kier molecular flexibility index (Phi) is 5.68. The molecule has 10 heavy (non-hydrogen) atoms. The largest absolute Gasteiger partial charge is 0.459 e. The first-order valence-corrected chi connectivity index (χ1v) is 3.52. The Labute approximate surface area is 63.0 Å². The van der Waals surface area contributed by atoms with E-state index < -0.39 is 0 Å². The minimum Gasteiger partial charge on any atom is -0.414 e. The molecular formula is C6H16BNO2. The number of hydrogen-bond acceptors (Lipinski definition) is 3. The molecule has 0 saturated heterocycles. The Morgan fingerprint density at radius 3 is 2.20 bits per heavy atom. The molecule has 1 atom stereocenters. The highest BCUT2D eigenvalue weighted by molar-refractivity contribution is 6.46. The van der Waals surface area contributed by atoms with E-state index in [1.165, 1.54) is 0 Å². The van der Waals surface area contributed by atoms with Gasteiger partial charge in [0.05, 0.1) is 0 Å². The molecule has 3 nitrogen and oxygen atoms in total. The molecule has 0 aliphatic heterocycles. The fourth-order valence-electron chi connectivity index (χ4n) is 0.960. The van der Waals surface area contributed by atoms with E-state index in [-0.39, 0.29) is 7.12 Å². The lowest BCUT2D eigenvalue weighted by Gasteiger charge is -2.14. The lowest BCUT2D eigenvalue weighted by Crippen LogP contribution is -2.26. The molecule has 0 aromatic heterocycles. The minimum atomic E-state index is -0.108. The van der Waals surface area contributed by atoms with Gasteiger partial charge >= 0.3 is 7.12 Å². The average molecular weight is 145 g/mol. The maximum Gasteiger partial charge on any atom is 0.459 e. The molecule has 0 spiro atoms. The van der Waals surface area contributed by atoms with Crippen LogP contribution in [0.15, 0.2) is 0 Å². The second-order valence-electron chi connectivity index (χ2n) is 2.39. The van der Waals surface area contributed by atoms with Crippen molar-refractivity contribution in [1.29, 1.82) is 0 Å². The topological polar surface area (TPSA) is 44.5 Å². The maximum absolute atomic E-state index is 5.37. The molecule has 60 valence electrons. The Hall–Kier alpha value is -0.0551. The molecule has 0 bridgehead atoms. The van der Waals surface area contributed by atoms with E-state index in [1.54, 1.807) is 14.2 Å². The number of nitrogens with two attached hydrogens (primary N) is 1. The first-order chi connectivity index (χ1) is 4.76. The van der Waals surface area contributed by atoms with Gasteiger partial charge in [0.25, 0.3) is 0 Å². The van der Waals surface area contributed by atoms with Crippen molar-refractivity contribution >= 4 is 7.12 Å². The zero-order valence-corrected chi connectivity index (χ0v) is 6.96. The van der Waals surface area contributed by atoms with Crippen LogP contribution in [0, 0.1) is 0 Å². The molecule has 0 amide bonds. The Morgan fingerprint density at radius 2 is 1.90 bits per heavy atom. The Morgan fingerprint density at radius 1 is 1.40 bits per heavy atom. The lowest BCUT2D eigenvalue weighted by atomic mass is 9.71. The van der Waals surface area contributed by atoms with Crippen molar-refractivity contribution in [2.75, 3.05) is 20.8 Å². The smallest absolute Gasteiger partial charge is 0.414 e. The monoisotopic (exact) mass is 145 g/mol. The van der Waals surface area contributed by atoms with Crippen LogP contribution < -0.4 is 5.73 Å². The van der Waals surface area contributed by atoms with Gasteiger partial charge in [-0.2, -0.15) is 0 Å². The molecule has 0 aromatic rings. The van der Waals surface area contributed by atoms with Gasteiger partial charge in [0.1, 0.15) is 0 Å². The van der Waals surface area contributed by atoms with Gasteiger partial charge in [-0.3, -0.25) is 0 Å². The van der Waals surface area contributed by atoms with Gasteiger partial charge in [-0.25, -0.2) is 0 Å². The summed E-state index contributed by atoms with van der Waals surface area (Å²) in [5, 5.41) is 0. The van der Waals surface area contributed by atoms with Gasteiger partial charge < -0.3 is 15.0 Å². The summed E-state index contributed by atoms with van der Waals surface area (Å²) in [7, 11) is 3.17. The van der Waals surface area contributed by atoms with E-state index in [9.17, 15) is 0 Å². The molecule has 2 N–H and O–H groups in total. The SMILES string of the molecule is COB(OC)C(C)CCN. The molecule has 0 heterocycles. The van der Waals surface area contributed by atoms with Gasteiger partial charge in [-0.15, -0.1) is 0 Å². The number of hydrogen-bond donors (Lipinski definition) is 1. The first kappa shape index (κ1) is 9.94. The summed E-state index contributed by atoms with van der Waals surface area (Å²) >= 11 is 0. The average Bonchev–Trinajstić information content (AvgIpc) is 1.91. The molecule has 4 heteroatoms. The summed E-state index contributed by atoms with van der Waals surface area (Å²) in [4.78, 5) is 0. The highest BCUT2D eigenvalue weighted by atomic mass is 16.6. The van der Waals surface area contributed by atoms with Crippen molar-refractivity contribution in [2.45, 2.75) is 19.2 Å². The highest BCUT2D eigenvalue weighted by Gasteiger charge is 2.22. The van der Waals surface area contributed by atoms with Crippen LogP contribution in [0.3, 0.4) is 0 Å². The van der Waals surface area contributed by atoms with Crippen LogP contribution in [-0.4, -0.2) is 27.9 Å². The zero-order valence-electron chi connectivity index (χ0n) is 6.96. The van der Waals surface area contributed by atoms with Gasteiger partial charge in [-0.1, -0.05) is 6.92 Å². The Bertz CT molecular complexity index is 78.1. The summed E-state index contributed by atoms with van der Waals surface area (Å²) in [5.74, 6) is 0.375. The summed E-state index contributed by atoms with van der Waals surface area (Å²) in [6, 6.07) is 0. The van der Waals surface area contributed by atoms with Crippen LogP contribution in [0.25, 0.3) is 0 Å². The fourth-order valence-corrected chi connectivity index (χ4v) is 0.960. The van der Waals surface area contributed by atoms with Crippen molar-refractivity contribution in [3.63, 3.8) is 0 Å². The zero-order chi connectivity index (χ0) is 7.98. The summed E-state index contributed by atoms with van der Waals surface area (Å²) in [6.07, 6.45) is 0.937. The third-order valence-electron chi connectivity index (χ3n) is 1.55. The predicted octanol–water partition coefficient (Wildman–Crippen LogP) is 0.506. The van der Waals surface area contributed by atoms with Crippen LogP contribution in [-0.2, 0) is 9.31 Å². The van der Waals surface area contributed by atoms with Gasteiger partial charge in [-0.05, 0) is 18.8 Å². The van der Waals surface area contributed by atoms with Crippen molar-refractivity contribution in [1.82, 2.24) is 0 Å². The van der Waals surface area contributed by atoms with Crippen LogP contribution >= 0.6 is 0 Å². The van der Waals surface area contributed by atoms with E-state index in [0.29, 0.717) is 12.4 Å². The fraction of sp³-hybridized carbons (Fsp3) is 1.00. The third-order valence-corrected chi connectivity index (χ3v) is 1.55. The lowest BCUT2D eigenvalue weighted by molar-refractivity contribution is 0.265. The van der Waals surface area contributed by atoms with Gasteiger partial charge in [0, 0.05) is 14.2 Å². The van der Waals surface area contributed by atoms with Crippen molar-refractivity contribution in [2.24, 2.45) is 5.73 Å². The summed E-state index contributed by atoms with van der Waals surface area (Å²) in [6.45, 7) is 2.74. The van der Waals surface area contributed by atoms with Crippen molar-refractivity contribution < 1.29 is 9.31 Å². The van der Waals surface area contributed by atoms with E-state index in [0.717, 1.165) is 6.42 Å². The molecular weight excluding hydrogens is 129 g/mol. The quantitative estimate of drug-likeness (QED) is 0.573. The maximum atomic E-state index is 5.37. The molecule has 0 aliphatic rings. The van der Waals surface area contributed by atoms with Crippen molar-refractivity contribution in [3.8, 4) is 0 Å². The summed E-state index contributed by atoms with van der Waals surface area (Å²) in [5.41, 5.74) is 5.37. The second-order valence-corrected chi connectivity index (χ2v) is 2.39. The minimum absolute atomic E-state index is 0.108. The summed E-state index contributed by atoms with van der Waals surface area (Å²) < 4.78 is 10.1. The molecule has 1 unspecified atom stereocenters. The van der Waals surface area contributed by atoms with Crippen LogP contribution in [0.1, 0.15) is 13.3 Å². The van der Waals surface area contributed by atoms with Crippen LogP contribution in [0.4, 0.5) is 0 Å². The van der Waals surface area contributed by atoms with Crippen LogP contribution in [0.5, 0.6) is 0 Å². The van der Waals surface area contributed by atoms with Gasteiger partial charge in [0.2, 0.25) is 0 Å². The van der Waals surface area contributed by atoms with Gasteiger partial charge in [0.15, 0.2) is 0 Å². The standard InChI is InChI=1S/C6H16BNO2/c1-6(4-5-8)7(9-2)10-3/h6H,4-5,8H2,1-3H3. The molecule has 0 saturated carbocycles. The van der Waals surface area contributed by atoms with E-state index in [2.05, 4.69) is 6.92 Å². The first-order valence-electron chi connectivity index (χ1n) is 3.52. The third kappa shape index (κ3) is 3.20. The molecule has 0 aliphatic carbocycles. The van der Waals surface area contributed by atoms with E-state index in [1.807, 2.05) is 0 Å². The highest BCUT2D eigenvalue weighted by Crippen LogP contribution is 2.13. The van der Waals surface area contributed by atoms with Crippen LogP contribution in [0.2, 0.25) is 5.82 Å². The second kappa shape index (κ2) is 5.71. The van der Waals surface area contributed by atoms with Crippen molar-refractivity contribution in [3.05, 3.63) is 0 Å². The molecule has 0 aromatic carbocycles. The molecule has 0 fully saturated rings. The van der Waals surface area contributed by atoms with E-state index in [4.69, 9.17) is 15.0 Å². The molecule has 0 radical (unpaired) electrons.